The number of rotatable bonds is 2. The van der Waals surface area contributed by atoms with Crippen LogP contribution in [0.2, 0.25) is 0 Å². The molecule has 0 atom stereocenters. The first-order chi connectivity index (χ1) is 10.8. The van der Waals surface area contributed by atoms with E-state index in [1.165, 1.54) is 32.7 Å². The lowest BCUT2D eigenvalue weighted by Crippen LogP contribution is -1.86. The minimum Gasteiger partial charge on any atom is -0.256 e. The molecule has 1 heterocycles. The Morgan fingerprint density at radius 1 is 0.773 bits per heavy atom. The predicted molar refractivity (Wildman–Crippen MR) is 94.1 cm³/mol. The van der Waals surface area contributed by atoms with Crippen molar-refractivity contribution in [1.82, 2.24) is 4.98 Å². The number of aromatic nitrogens is 1. The zero-order valence-electron chi connectivity index (χ0n) is 12.6. The Bertz CT molecular complexity index is 952. The molecule has 1 aromatic heterocycles. The van der Waals surface area contributed by atoms with E-state index in [0.29, 0.717) is 0 Å². The molecule has 0 saturated carbocycles. The van der Waals surface area contributed by atoms with Crippen molar-refractivity contribution in [3.8, 4) is 11.3 Å². The Labute approximate surface area is 130 Å². The molecule has 0 N–H and O–H groups in total. The second kappa shape index (κ2) is 5.27. The van der Waals surface area contributed by atoms with Gasteiger partial charge in [-0.25, -0.2) is 0 Å². The van der Waals surface area contributed by atoms with Gasteiger partial charge < -0.3 is 0 Å². The van der Waals surface area contributed by atoms with Crippen LogP contribution in [-0.2, 0) is 6.42 Å². The van der Waals surface area contributed by atoms with Gasteiger partial charge >= 0.3 is 0 Å². The molecule has 0 radical (unpaired) electrons. The first-order valence-corrected chi connectivity index (χ1v) is 7.72. The summed E-state index contributed by atoms with van der Waals surface area (Å²) in [6.45, 7) is 2.18. The number of hydrogen-bond acceptors (Lipinski definition) is 1. The molecular formula is C21H17N. The van der Waals surface area contributed by atoms with E-state index < -0.39 is 0 Å². The molecule has 3 aromatic carbocycles. The van der Waals surface area contributed by atoms with Gasteiger partial charge in [0.15, 0.2) is 0 Å². The summed E-state index contributed by atoms with van der Waals surface area (Å²) in [4.78, 5) is 4.64. The van der Waals surface area contributed by atoms with E-state index in [1.54, 1.807) is 0 Å². The zero-order valence-corrected chi connectivity index (χ0v) is 12.6. The molecule has 1 heteroatoms. The molecule has 0 fully saturated rings. The van der Waals surface area contributed by atoms with E-state index >= 15 is 0 Å². The number of fused-ring (bicyclic) bond motifs is 3. The van der Waals surface area contributed by atoms with Crippen LogP contribution < -0.4 is 0 Å². The molecule has 0 aliphatic carbocycles. The molecule has 0 unspecified atom stereocenters. The normalized spacial score (nSPS) is 11.1. The van der Waals surface area contributed by atoms with E-state index in [-0.39, 0.29) is 0 Å². The van der Waals surface area contributed by atoms with Crippen molar-refractivity contribution in [2.24, 2.45) is 0 Å². The Morgan fingerprint density at radius 2 is 1.55 bits per heavy atom. The van der Waals surface area contributed by atoms with Crippen LogP contribution in [0.3, 0.4) is 0 Å². The van der Waals surface area contributed by atoms with Gasteiger partial charge in [-0.3, -0.25) is 4.98 Å². The SMILES string of the molecule is CCc1ccc(-c2cc3c(ccc4ccccc43)cn2)cc1. The smallest absolute Gasteiger partial charge is 0.0708 e. The van der Waals surface area contributed by atoms with Gasteiger partial charge in [0, 0.05) is 17.1 Å². The highest BCUT2D eigenvalue weighted by atomic mass is 14.7. The van der Waals surface area contributed by atoms with Crippen molar-refractivity contribution >= 4 is 21.5 Å². The van der Waals surface area contributed by atoms with Crippen LogP contribution in [0.5, 0.6) is 0 Å². The van der Waals surface area contributed by atoms with E-state index in [4.69, 9.17) is 0 Å². The fourth-order valence-corrected chi connectivity index (χ4v) is 2.97. The molecule has 22 heavy (non-hydrogen) atoms. The zero-order chi connectivity index (χ0) is 14.9. The van der Waals surface area contributed by atoms with E-state index in [1.807, 2.05) is 6.20 Å². The van der Waals surface area contributed by atoms with Gasteiger partial charge in [0.05, 0.1) is 5.69 Å². The maximum absolute atomic E-state index is 4.64. The van der Waals surface area contributed by atoms with Crippen LogP contribution >= 0.6 is 0 Å². The third-order valence-electron chi connectivity index (χ3n) is 4.29. The van der Waals surface area contributed by atoms with Gasteiger partial charge in [-0.1, -0.05) is 67.6 Å². The third kappa shape index (κ3) is 2.15. The third-order valence-corrected chi connectivity index (χ3v) is 4.29. The summed E-state index contributed by atoms with van der Waals surface area (Å²) in [5.41, 5.74) is 3.56. The second-order valence-electron chi connectivity index (χ2n) is 5.63. The summed E-state index contributed by atoms with van der Waals surface area (Å²) in [5, 5.41) is 5.01. The highest BCUT2D eigenvalue weighted by molar-refractivity contribution is 6.08. The van der Waals surface area contributed by atoms with Gasteiger partial charge in [-0.15, -0.1) is 0 Å². The molecular weight excluding hydrogens is 266 g/mol. The van der Waals surface area contributed by atoms with Crippen molar-refractivity contribution in [3.63, 3.8) is 0 Å². The molecule has 106 valence electrons. The van der Waals surface area contributed by atoms with Crippen LogP contribution in [-0.4, -0.2) is 4.98 Å². The number of benzene rings is 3. The summed E-state index contributed by atoms with van der Waals surface area (Å²) in [6.07, 6.45) is 3.04. The lowest BCUT2D eigenvalue weighted by atomic mass is 10.0. The van der Waals surface area contributed by atoms with Crippen molar-refractivity contribution < 1.29 is 0 Å². The van der Waals surface area contributed by atoms with Gasteiger partial charge in [-0.05, 0) is 34.2 Å². The Balaban J connectivity index is 1.93. The molecule has 4 rings (SSSR count). The Morgan fingerprint density at radius 3 is 2.36 bits per heavy atom. The number of hydrogen-bond donors (Lipinski definition) is 0. The second-order valence-corrected chi connectivity index (χ2v) is 5.63. The van der Waals surface area contributed by atoms with Crippen molar-refractivity contribution in [3.05, 3.63) is 78.5 Å². The highest BCUT2D eigenvalue weighted by Crippen LogP contribution is 2.28. The minimum absolute atomic E-state index is 1.03. The van der Waals surface area contributed by atoms with E-state index in [2.05, 4.69) is 78.6 Å². The molecule has 0 aliphatic heterocycles. The Hall–Kier alpha value is -2.67. The van der Waals surface area contributed by atoms with Gasteiger partial charge in [0.1, 0.15) is 0 Å². The molecule has 0 saturated heterocycles. The van der Waals surface area contributed by atoms with Crippen LogP contribution in [0.15, 0.2) is 72.9 Å². The molecule has 0 aliphatic rings. The first-order valence-electron chi connectivity index (χ1n) is 7.72. The average Bonchev–Trinajstić information content (AvgIpc) is 2.61. The lowest BCUT2D eigenvalue weighted by molar-refractivity contribution is 1.14. The van der Waals surface area contributed by atoms with Crippen LogP contribution in [0.4, 0.5) is 0 Å². The van der Waals surface area contributed by atoms with Crippen LogP contribution in [0.1, 0.15) is 12.5 Å². The summed E-state index contributed by atoms with van der Waals surface area (Å²) in [5.74, 6) is 0. The van der Waals surface area contributed by atoms with Gasteiger partial charge in [0.25, 0.3) is 0 Å². The molecule has 0 amide bonds. The van der Waals surface area contributed by atoms with E-state index in [0.717, 1.165) is 12.1 Å². The fraction of sp³-hybridized carbons (Fsp3) is 0.0952. The van der Waals surface area contributed by atoms with Crippen LogP contribution in [0, 0.1) is 0 Å². The first kappa shape index (κ1) is 13.0. The minimum atomic E-state index is 1.03. The maximum Gasteiger partial charge on any atom is 0.0708 e. The van der Waals surface area contributed by atoms with Crippen molar-refractivity contribution in [2.75, 3.05) is 0 Å². The maximum atomic E-state index is 4.64. The number of pyridine rings is 1. The topological polar surface area (TPSA) is 12.9 Å². The van der Waals surface area contributed by atoms with Gasteiger partial charge in [0.2, 0.25) is 0 Å². The Kier molecular flexibility index (Phi) is 3.12. The average molecular weight is 283 g/mol. The van der Waals surface area contributed by atoms with Gasteiger partial charge in [-0.2, -0.15) is 0 Å². The van der Waals surface area contributed by atoms with E-state index in [9.17, 15) is 0 Å². The van der Waals surface area contributed by atoms with Crippen molar-refractivity contribution in [2.45, 2.75) is 13.3 Å². The fourth-order valence-electron chi connectivity index (χ4n) is 2.97. The molecule has 4 aromatic rings. The summed E-state index contributed by atoms with van der Waals surface area (Å²) < 4.78 is 0. The summed E-state index contributed by atoms with van der Waals surface area (Å²) in [7, 11) is 0. The highest BCUT2D eigenvalue weighted by Gasteiger charge is 2.04. The summed E-state index contributed by atoms with van der Waals surface area (Å²) >= 11 is 0. The number of aryl methyl sites for hydroxylation is 1. The number of nitrogens with zero attached hydrogens (tertiary/aromatic N) is 1. The molecule has 0 spiro atoms. The predicted octanol–water partition coefficient (Wildman–Crippen LogP) is 5.62. The summed E-state index contributed by atoms with van der Waals surface area (Å²) in [6, 6.07) is 23.7. The molecule has 0 bridgehead atoms. The van der Waals surface area contributed by atoms with Crippen molar-refractivity contribution in [1.29, 1.82) is 0 Å². The van der Waals surface area contributed by atoms with Crippen LogP contribution in [0.25, 0.3) is 32.8 Å². The lowest BCUT2D eigenvalue weighted by Gasteiger charge is -2.07. The monoisotopic (exact) mass is 283 g/mol. The molecule has 1 nitrogen and oxygen atoms in total. The standard InChI is InChI=1S/C21H17N/c1-2-15-7-9-17(10-8-15)21-13-20-18(14-22-21)12-11-16-5-3-4-6-19(16)20/h3-14H,2H2,1H3. The largest absolute Gasteiger partial charge is 0.256 e. The quantitative estimate of drug-likeness (QED) is 0.435.